The molecule has 2 aliphatic carbocycles. The molecule has 0 unspecified atom stereocenters. The summed E-state index contributed by atoms with van der Waals surface area (Å²) in [6.07, 6.45) is 16.7. The summed E-state index contributed by atoms with van der Waals surface area (Å²) < 4.78 is 14.3. The number of hydrogen-bond donors (Lipinski definition) is 0. The predicted molar refractivity (Wildman–Crippen MR) is 118 cm³/mol. The maximum atomic E-state index is 14.3. The van der Waals surface area contributed by atoms with Crippen molar-refractivity contribution in [2.45, 2.75) is 97.3 Å². The van der Waals surface area contributed by atoms with Crippen LogP contribution in [0.3, 0.4) is 0 Å². The first-order valence-corrected chi connectivity index (χ1v) is 12.0. The minimum atomic E-state index is -0.0747. The molecule has 28 heavy (non-hydrogen) atoms. The fourth-order valence-corrected chi connectivity index (χ4v) is 5.38. The second kappa shape index (κ2) is 11.0. The zero-order valence-electron chi connectivity index (χ0n) is 18.1. The second-order valence-electron chi connectivity index (χ2n) is 9.33. The Labute approximate surface area is 172 Å². The molecule has 0 bridgehead atoms. The van der Waals surface area contributed by atoms with Gasteiger partial charge in [-0.3, -0.25) is 0 Å². The molecule has 3 rings (SSSR count). The normalized spacial score (nSPS) is 27.8. The van der Waals surface area contributed by atoms with Crippen LogP contribution in [0.2, 0.25) is 0 Å². The molecule has 0 atom stereocenters. The van der Waals surface area contributed by atoms with Crippen molar-refractivity contribution < 1.29 is 4.39 Å². The van der Waals surface area contributed by atoms with Crippen molar-refractivity contribution in [1.82, 2.24) is 0 Å². The number of aryl methyl sites for hydroxylation is 1. The van der Waals surface area contributed by atoms with Crippen LogP contribution in [-0.4, -0.2) is 0 Å². The number of halogens is 1. The van der Waals surface area contributed by atoms with Crippen LogP contribution >= 0.6 is 0 Å². The SMILES string of the molecule is CCCCCc1ccc(C#C[C@H]2CC[C@H]([C@H]3CC[C@H](CC)CC3)CC2)cc1F. The Balaban J connectivity index is 1.46. The number of unbranched alkanes of at least 4 members (excludes halogenated alkanes) is 2. The lowest BCUT2D eigenvalue weighted by atomic mass is 9.69. The van der Waals surface area contributed by atoms with Gasteiger partial charge in [0.25, 0.3) is 0 Å². The van der Waals surface area contributed by atoms with Crippen LogP contribution in [-0.2, 0) is 6.42 Å². The molecule has 2 aliphatic rings. The molecular formula is C27H39F. The Morgan fingerprint density at radius 3 is 2.18 bits per heavy atom. The highest BCUT2D eigenvalue weighted by Gasteiger charge is 2.29. The van der Waals surface area contributed by atoms with Crippen molar-refractivity contribution in [2.75, 3.05) is 0 Å². The highest BCUT2D eigenvalue weighted by atomic mass is 19.1. The Morgan fingerprint density at radius 2 is 1.57 bits per heavy atom. The van der Waals surface area contributed by atoms with Crippen LogP contribution in [0.4, 0.5) is 4.39 Å². The molecule has 0 radical (unpaired) electrons. The lowest BCUT2D eigenvalue weighted by Gasteiger charge is -2.36. The third-order valence-corrected chi connectivity index (χ3v) is 7.43. The maximum absolute atomic E-state index is 14.3. The first kappa shape index (κ1) is 21.4. The van der Waals surface area contributed by atoms with Crippen LogP contribution in [0, 0.1) is 41.3 Å². The zero-order chi connectivity index (χ0) is 19.8. The van der Waals surface area contributed by atoms with E-state index in [0.29, 0.717) is 5.92 Å². The largest absolute Gasteiger partial charge is 0.207 e. The second-order valence-corrected chi connectivity index (χ2v) is 9.33. The van der Waals surface area contributed by atoms with Gasteiger partial charge in [-0.05, 0) is 86.8 Å². The van der Waals surface area contributed by atoms with Crippen LogP contribution in [0.1, 0.15) is 102 Å². The fraction of sp³-hybridized carbons (Fsp3) is 0.704. The average molecular weight is 383 g/mol. The van der Waals surface area contributed by atoms with Gasteiger partial charge < -0.3 is 0 Å². The van der Waals surface area contributed by atoms with Crippen molar-refractivity contribution in [1.29, 1.82) is 0 Å². The highest BCUT2D eigenvalue weighted by Crippen LogP contribution is 2.41. The molecule has 0 N–H and O–H groups in total. The first-order chi connectivity index (χ1) is 13.7. The Hall–Kier alpha value is -1.29. The fourth-order valence-electron chi connectivity index (χ4n) is 5.38. The van der Waals surface area contributed by atoms with E-state index in [-0.39, 0.29) is 5.82 Å². The van der Waals surface area contributed by atoms with Gasteiger partial charge in [-0.2, -0.15) is 0 Å². The topological polar surface area (TPSA) is 0 Å². The standard InChI is InChI=1S/C27H39F/c1-3-5-6-7-26-19-14-23(20-27(26)28)9-8-22-12-17-25(18-13-22)24-15-10-21(4-2)11-16-24/h14,19-22,24-25H,3-7,10-13,15-18H2,1-2H3/t21-,22-,24-,25-. The maximum Gasteiger partial charge on any atom is 0.127 e. The molecule has 154 valence electrons. The summed E-state index contributed by atoms with van der Waals surface area (Å²) in [5.74, 6) is 10.1. The smallest absolute Gasteiger partial charge is 0.127 e. The van der Waals surface area contributed by atoms with E-state index in [1.54, 1.807) is 6.07 Å². The molecular weight excluding hydrogens is 343 g/mol. The number of benzene rings is 1. The molecule has 0 nitrogen and oxygen atoms in total. The van der Waals surface area contributed by atoms with E-state index in [1.165, 1.54) is 70.6 Å². The van der Waals surface area contributed by atoms with Gasteiger partial charge in [-0.25, -0.2) is 4.39 Å². The molecule has 0 heterocycles. The zero-order valence-corrected chi connectivity index (χ0v) is 18.1. The van der Waals surface area contributed by atoms with Crippen molar-refractivity contribution in [3.8, 4) is 11.8 Å². The average Bonchev–Trinajstić information content (AvgIpc) is 2.74. The highest BCUT2D eigenvalue weighted by molar-refractivity contribution is 5.37. The summed E-state index contributed by atoms with van der Waals surface area (Å²) in [4.78, 5) is 0. The third-order valence-electron chi connectivity index (χ3n) is 7.43. The summed E-state index contributed by atoms with van der Waals surface area (Å²) in [5.41, 5.74) is 1.69. The number of hydrogen-bond acceptors (Lipinski definition) is 0. The minimum absolute atomic E-state index is 0.0747. The molecule has 0 saturated heterocycles. The van der Waals surface area contributed by atoms with Crippen LogP contribution in [0.5, 0.6) is 0 Å². The molecule has 2 fully saturated rings. The lowest BCUT2D eigenvalue weighted by Crippen LogP contribution is -2.25. The molecule has 2 saturated carbocycles. The molecule has 1 heteroatoms. The summed E-state index contributed by atoms with van der Waals surface area (Å²) in [5, 5.41) is 0. The van der Waals surface area contributed by atoms with Crippen LogP contribution in [0.25, 0.3) is 0 Å². The van der Waals surface area contributed by atoms with Crippen LogP contribution in [0.15, 0.2) is 18.2 Å². The van der Waals surface area contributed by atoms with Gasteiger partial charge in [0, 0.05) is 11.5 Å². The summed E-state index contributed by atoms with van der Waals surface area (Å²) in [6, 6.07) is 5.60. The minimum Gasteiger partial charge on any atom is -0.207 e. The van der Waals surface area contributed by atoms with Crippen molar-refractivity contribution >= 4 is 0 Å². The summed E-state index contributed by atoms with van der Waals surface area (Å²) >= 11 is 0. The van der Waals surface area contributed by atoms with E-state index in [0.717, 1.165) is 41.7 Å². The first-order valence-electron chi connectivity index (χ1n) is 12.0. The van der Waals surface area contributed by atoms with Crippen molar-refractivity contribution in [3.63, 3.8) is 0 Å². The lowest BCUT2D eigenvalue weighted by molar-refractivity contribution is 0.156. The van der Waals surface area contributed by atoms with E-state index in [1.807, 2.05) is 12.1 Å². The van der Waals surface area contributed by atoms with E-state index >= 15 is 0 Å². The van der Waals surface area contributed by atoms with E-state index in [4.69, 9.17) is 0 Å². The van der Waals surface area contributed by atoms with E-state index < -0.39 is 0 Å². The monoisotopic (exact) mass is 382 g/mol. The van der Waals surface area contributed by atoms with Crippen molar-refractivity contribution in [2.24, 2.45) is 23.7 Å². The quantitative estimate of drug-likeness (QED) is 0.346. The van der Waals surface area contributed by atoms with Crippen LogP contribution < -0.4 is 0 Å². The summed E-state index contributed by atoms with van der Waals surface area (Å²) in [6.45, 7) is 4.53. The Kier molecular flexibility index (Phi) is 8.44. The Bertz CT molecular complexity index is 649. The molecule has 0 aliphatic heterocycles. The van der Waals surface area contributed by atoms with Gasteiger partial charge >= 0.3 is 0 Å². The van der Waals surface area contributed by atoms with Gasteiger partial charge in [0.1, 0.15) is 5.82 Å². The Morgan fingerprint density at radius 1 is 0.893 bits per heavy atom. The molecule has 1 aromatic rings. The van der Waals surface area contributed by atoms with Gasteiger partial charge in [0.2, 0.25) is 0 Å². The molecule has 1 aromatic carbocycles. The molecule has 0 aromatic heterocycles. The number of rotatable bonds is 6. The van der Waals surface area contributed by atoms with E-state index in [2.05, 4.69) is 25.7 Å². The summed E-state index contributed by atoms with van der Waals surface area (Å²) in [7, 11) is 0. The van der Waals surface area contributed by atoms with Gasteiger partial charge in [-0.1, -0.05) is 63.9 Å². The van der Waals surface area contributed by atoms with Gasteiger partial charge in [0.05, 0.1) is 0 Å². The van der Waals surface area contributed by atoms with Gasteiger partial charge in [-0.15, -0.1) is 0 Å². The van der Waals surface area contributed by atoms with Crippen molar-refractivity contribution in [3.05, 3.63) is 35.1 Å². The van der Waals surface area contributed by atoms with E-state index in [9.17, 15) is 4.39 Å². The predicted octanol–water partition coefficient (Wildman–Crippen LogP) is 7.93. The molecule has 0 amide bonds. The molecule has 0 spiro atoms. The van der Waals surface area contributed by atoms with Gasteiger partial charge in [0.15, 0.2) is 0 Å². The third kappa shape index (κ3) is 6.10.